The topological polar surface area (TPSA) is 230 Å². The van der Waals surface area contributed by atoms with E-state index in [9.17, 15) is 34.2 Å². The number of aromatic nitrogens is 1. The third-order valence-corrected chi connectivity index (χ3v) is 6.60. The van der Waals surface area contributed by atoms with Crippen molar-refractivity contribution in [2.45, 2.75) is 76.7 Å². The van der Waals surface area contributed by atoms with E-state index in [2.05, 4.69) is 20.9 Å². The number of hydrogen-bond acceptors (Lipinski definition) is 7. The van der Waals surface area contributed by atoms with E-state index in [1.165, 1.54) is 6.92 Å². The minimum atomic E-state index is -1.53. The molecule has 0 spiro atoms. The second kappa shape index (κ2) is 14.3. The Balaban J connectivity index is 2.14. The number of H-pyrrole nitrogens is 1. The summed E-state index contributed by atoms with van der Waals surface area (Å²) in [6.07, 6.45) is 0.512. The van der Waals surface area contributed by atoms with Gasteiger partial charge in [-0.2, -0.15) is 0 Å². The Morgan fingerprint density at radius 3 is 2.21 bits per heavy atom. The van der Waals surface area contributed by atoms with Crippen LogP contribution in [0.3, 0.4) is 0 Å². The fourth-order valence-corrected chi connectivity index (χ4v) is 4.05. The van der Waals surface area contributed by atoms with Crippen LogP contribution in [-0.4, -0.2) is 75.1 Å². The van der Waals surface area contributed by atoms with Gasteiger partial charge in [0.25, 0.3) is 0 Å². The third kappa shape index (κ3) is 8.79. The molecule has 0 aliphatic rings. The maximum Gasteiger partial charge on any atom is 0.326 e. The Labute approximate surface area is 226 Å². The van der Waals surface area contributed by atoms with Gasteiger partial charge < -0.3 is 42.6 Å². The molecule has 13 heteroatoms. The van der Waals surface area contributed by atoms with Gasteiger partial charge in [0.15, 0.2) is 0 Å². The van der Waals surface area contributed by atoms with Crippen LogP contribution in [-0.2, 0) is 30.4 Å². The molecular formula is C26H38N6O7. The summed E-state index contributed by atoms with van der Waals surface area (Å²) in [7, 11) is 0. The number of carboxylic acids is 1. The van der Waals surface area contributed by atoms with Gasteiger partial charge in [-0.3, -0.25) is 19.2 Å². The van der Waals surface area contributed by atoms with Crippen LogP contribution in [0.2, 0.25) is 0 Å². The number of benzene rings is 1. The molecule has 0 saturated carbocycles. The lowest BCUT2D eigenvalue weighted by Gasteiger charge is -2.27. The summed E-state index contributed by atoms with van der Waals surface area (Å²) in [6, 6.07) is 2.35. The first kappa shape index (κ1) is 31.2. The van der Waals surface area contributed by atoms with Crippen molar-refractivity contribution < 1.29 is 34.2 Å². The van der Waals surface area contributed by atoms with Crippen LogP contribution in [0.5, 0.6) is 0 Å². The molecule has 13 nitrogen and oxygen atoms in total. The highest BCUT2D eigenvalue weighted by Crippen LogP contribution is 2.19. The molecule has 0 fully saturated rings. The van der Waals surface area contributed by atoms with Crippen molar-refractivity contribution in [1.82, 2.24) is 20.9 Å². The van der Waals surface area contributed by atoms with E-state index >= 15 is 0 Å². The summed E-state index contributed by atoms with van der Waals surface area (Å²) in [5.74, 6) is -4.86. The van der Waals surface area contributed by atoms with Crippen molar-refractivity contribution in [3.63, 3.8) is 0 Å². The lowest BCUT2D eigenvalue weighted by molar-refractivity contribution is -0.144. The summed E-state index contributed by atoms with van der Waals surface area (Å²) < 4.78 is 0. The number of nitrogens with two attached hydrogens (primary N) is 2. The monoisotopic (exact) mass is 546 g/mol. The lowest BCUT2D eigenvalue weighted by Crippen LogP contribution is -2.60. The Morgan fingerprint density at radius 1 is 0.974 bits per heavy atom. The predicted molar refractivity (Wildman–Crippen MR) is 143 cm³/mol. The van der Waals surface area contributed by atoms with Crippen LogP contribution in [0.4, 0.5) is 0 Å². The zero-order valence-corrected chi connectivity index (χ0v) is 22.3. The second-order valence-electron chi connectivity index (χ2n) is 9.67. The number of amides is 4. The molecule has 1 heterocycles. The molecule has 0 aliphatic heterocycles. The number of aliphatic hydroxyl groups excluding tert-OH is 1. The van der Waals surface area contributed by atoms with Crippen molar-refractivity contribution in [3.05, 3.63) is 36.0 Å². The minimum Gasteiger partial charge on any atom is -0.480 e. The molecule has 39 heavy (non-hydrogen) atoms. The highest BCUT2D eigenvalue weighted by molar-refractivity contribution is 5.95. The maximum atomic E-state index is 13.1. The number of aromatic amines is 1. The van der Waals surface area contributed by atoms with Crippen molar-refractivity contribution in [2.75, 3.05) is 0 Å². The Kier molecular flexibility index (Phi) is 11.4. The van der Waals surface area contributed by atoms with Crippen molar-refractivity contribution in [1.29, 1.82) is 0 Å². The Morgan fingerprint density at radius 2 is 1.62 bits per heavy atom. The summed E-state index contributed by atoms with van der Waals surface area (Å²) in [6.45, 7) is 4.65. The second-order valence-corrected chi connectivity index (χ2v) is 9.67. The number of carboxylic acid groups (broad SMARTS) is 1. The fraction of sp³-hybridized carbons (Fsp3) is 0.500. The van der Waals surface area contributed by atoms with Crippen LogP contribution in [0, 0.1) is 5.92 Å². The molecule has 0 aliphatic carbocycles. The molecule has 2 aromatic rings. The molecular weight excluding hydrogens is 508 g/mol. The number of hydrogen-bond donors (Lipinski definition) is 8. The number of aliphatic carboxylic acids is 1. The van der Waals surface area contributed by atoms with Crippen molar-refractivity contribution in [2.24, 2.45) is 17.4 Å². The first-order valence-corrected chi connectivity index (χ1v) is 12.8. The van der Waals surface area contributed by atoms with Crippen LogP contribution < -0.4 is 27.4 Å². The zero-order chi connectivity index (χ0) is 29.3. The van der Waals surface area contributed by atoms with E-state index in [1.807, 2.05) is 24.3 Å². The average molecular weight is 547 g/mol. The quantitative estimate of drug-likeness (QED) is 0.142. The standard InChI is InChI=1S/C26H38N6O7/c1-4-13(2)21(26(38)39)31-25(37)22(14(3)33)32-24(36)19(9-10-20(28)34)30-23(35)17(27)11-15-12-29-18-8-6-5-7-16(15)18/h5-8,12-14,17,19,21-22,29,33H,4,9-11,27H2,1-3H3,(H2,28,34)(H,30,35)(H,31,37)(H,32,36)(H,38,39). The third-order valence-electron chi connectivity index (χ3n) is 6.60. The van der Waals surface area contributed by atoms with Gasteiger partial charge in [-0.1, -0.05) is 38.5 Å². The number of carbonyl (C=O) groups excluding carboxylic acids is 4. The average Bonchev–Trinajstić information content (AvgIpc) is 3.29. The number of primary amides is 1. The minimum absolute atomic E-state index is 0.158. The van der Waals surface area contributed by atoms with Gasteiger partial charge in [0, 0.05) is 23.5 Å². The fourth-order valence-electron chi connectivity index (χ4n) is 4.05. The molecule has 2 rings (SSSR count). The van der Waals surface area contributed by atoms with Crippen LogP contribution in [0.1, 0.15) is 45.6 Å². The highest BCUT2D eigenvalue weighted by atomic mass is 16.4. The molecule has 0 radical (unpaired) electrons. The lowest BCUT2D eigenvalue weighted by atomic mass is 9.98. The number of carbonyl (C=O) groups is 5. The van der Waals surface area contributed by atoms with Gasteiger partial charge in [-0.15, -0.1) is 0 Å². The Hall–Kier alpha value is -3.97. The number of fused-ring (bicyclic) bond motifs is 1. The van der Waals surface area contributed by atoms with Gasteiger partial charge in [-0.05, 0) is 37.3 Å². The predicted octanol–water partition coefficient (Wildman–Crippen LogP) is -0.731. The molecule has 1 aromatic heterocycles. The van der Waals surface area contributed by atoms with Crippen LogP contribution >= 0.6 is 0 Å². The maximum absolute atomic E-state index is 13.1. The summed E-state index contributed by atoms with van der Waals surface area (Å²) in [5, 5.41) is 27.7. The molecule has 4 amide bonds. The molecule has 214 valence electrons. The summed E-state index contributed by atoms with van der Waals surface area (Å²) in [5.41, 5.74) is 13.0. The van der Waals surface area contributed by atoms with Gasteiger partial charge in [0.1, 0.15) is 18.1 Å². The first-order chi connectivity index (χ1) is 18.3. The Bertz CT molecular complexity index is 1180. The number of rotatable bonds is 15. The first-order valence-electron chi connectivity index (χ1n) is 12.8. The molecule has 10 N–H and O–H groups in total. The van der Waals surface area contributed by atoms with E-state index in [1.54, 1.807) is 20.0 Å². The van der Waals surface area contributed by atoms with E-state index in [0.717, 1.165) is 16.5 Å². The molecule has 0 saturated heterocycles. The summed E-state index contributed by atoms with van der Waals surface area (Å²) in [4.78, 5) is 64.9. The normalized spacial score (nSPS) is 15.8. The van der Waals surface area contributed by atoms with Crippen LogP contribution in [0.15, 0.2) is 30.5 Å². The van der Waals surface area contributed by atoms with Crippen molar-refractivity contribution in [3.8, 4) is 0 Å². The van der Waals surface area contributed by atoms with Gasteiger partial charge >= 0.3 is 5.97 Å². The van der Waals surface area contributed by atoms with Gasteiger partial charge in [0.2, 0.25) is 23.6 Å². The highest BCUT2D eigenvalue weighted by Gasteiger charge is 2.34. The number of para-hydroxylation sites is 1. The van der Waals surface area contributed by atoms with E-state index in [-0.39, 0.29) is 19.3 Å². The molecule has 6 atom stereocenters. The number of nitrogens with one attached hydrogen (secondary N) is 4. The SMILES string of the molecule is CCC(C)C(NC(=O)C(NC(=O)C(CCC(N)=O)NC(=O)C(N)Cc1c[nH]c2ccccc12)C(C)O)C(=O)O. The van der Waals surface area contributed by atoms with Gasteiger partial charge in [0.05, 0.1) is 12.1 Å². The number of aliphatic hydroxyl groups is 1. The van der Waals surface area contributed by atoms with Gasteiger partial charge in [-0.25, -0.2) is 4.79 Å². The van der Waals surface area contributed by atoms with Crippen molar-refractivity contribution >= 4 is 40.5 Å². The summed E-state index contributed by atoms with van der Waals surface area (Å²) >= 11 is 0. The zero-order valence-electron chi connectivity index (χ0n) is 22.3. The molecule has 1 aromatic carbocycles. The largest absolute Gasteiger partial charge is 0.480 e. The van der Waals surface area contributed by atoms with E-state index in [4.69, 9.17) is 11.5 Å². The molecule has 6 unspecified atom stereocenters. The molecule has 0 bridgehead atoms. The van der Waals surface area contributed by atoms with Crippen LogP contribution in [0.25, 0.3) is 10.9 Å². The van der Waals surface area contributed by atoms with E-state index in [0.29, 0.717) is 6.42 Å². The van der Waals surface area contributed by atoms with E-state index < -0.39 is 65.8 Å². The smallest absolute Gasteiger partial charge is 0.326 e.